The van der Waals surface area contributed by atoms with E-state index in [1.807, 2.05) is 42.5 Å². The average molecular weight is 499 g/mol. The SMILES string of the molecule is COc1ccccc1OCC(=O)N/N=C\c1cc(Br)c(OCc2ccccc2)c(OC)c1. The van der Waals surface area contributed by atoms with Crippen molar-refractivity contribution in [1.29, 1.82) is 0 Å². The van der Waals surface area contributed by atoms with Crippen LogP contribution in [0, 0.1) is 0 Å². The second-order valence-corrected chi connectivity index (χ2v) is 7.40. The summed E-state index contributed by atoms with van der Waals surface area (Å²) in [5.74, 6) is 1.76. The molecule has 166 valence electrons. The van der Waals surface area contributed by atoms with Crippen molar-refractivity contribution in [2.45, 2.75) is 6.61 Å². The number of hydrogen-bond donors (Lipinski definition) is 1. The van der Waals surface area contributed by atoms with Crippen LogP contribution in [-0.4, -0.2) is 32.9 Å². The lowest BCUT2D eigenvalue weighted by molar-refractivity contribution is -0.123. The van der Waals surface area contributed by atoms with E-state index in [1.54, 1.807) is 31.4 Å². The van der Waals surface area contributed by atoms with E-state index in [9.17, 15) is 4.79 Å². The van der Waals surface area contributed by atoms with Crippen LogP contribution in [0.1, 0.15) is 11.1 Å². The first-order chi connectivity index (χ1) is 15.6. The van der Waals surface area contributed by atoms with Gasteiger partial charge in [-0.3, -0.25) is 4.79 Å². The maximum absolute atomic E-state index is 12.0. The molecule has 0 atom stereocenters. The Morgan fingerprint density at radius 3 is 2.34 bits per heavy atom. The average Bonchev–Trinajstić information content (AvgIpc) is 2.82. The number of carbonyl (C=O) groups is 1. The Morgan fingerprint density at radius 2 is 1.62 bits per heavy atom. The molecule has 0 aliphatic heterocycles. The van der Waals surface area contributed by atoms with Gasteiger partial charge in [0.1, 0.15) is 6.61 Å². The zero-order chi connectivity index (χ0) is 22.8. The van der Waals surface area contributed by atoms with E-state index in [2.05, 4.69) is 26.5 Å². The van der Waals surface area contributed by atoms with Gasteiger partial charge in [0, 0.05) is 0 Å². The standard InChI is InChI=1S/C24H23BrN2O5/c1-29-20-10-6-7-11-21(20)31-16-23(28)27-26-14-18-12-19(25)24(22(13-18)30-2)32-15-17-8-4-3-5-9-17/h3-14H,15-16H2,1-2H3,(H,27,28)/b26-14-. The number of nitrogens with zero attached hydrogens (tertiary/aromatic N) is 1. The number of benzene rings is 3. The number of hydrazone groups is 1. The molecule has 0 bridgehead atoms. The highest BCUT2D eigenvalue weighted by atomic mass is 79.9. The van der Waals surface area contributed by atoms with Crippen LogP contribution in [0.5, 0.6) is 23.0 Å². The maximum Gasteiger partial charge on any atom is 0.277 e. The van der Waals surface area contributed by atoms with Crippen molar-refractivity contribution in [1.82, 2.24) is 5.43 Å². The van der Waals surface area contributed by atoms with E-state index in [-0.39, 0.29) is 6.61 Å². The number of hydrogen-bond acceptors (Lipinski definition) is 6. The summed E-state index contributed by atoms with van der Waals surface area (Å²) in [5, 5.41) is 3.98. The second kappa shape index (κ2) is 11.8. The fraction of sp³-hybridized carbons (Fsp3) is 0.167. The molecule has 3 aromatic carbocycles. The topological polar surface area (TPSA) is 78.4 Å². The predicted molar refractivity (Wildman–Crippen MR) is 126 cm³/mol. The number of ether oxygens (including phenoxy) is 4. The lowest BCUT2D eigenvalue weighted by Gasteiger charge is -2.13. The molecule has 0 saturated carbocycles. The molecule has 0 aliphatic carbocycles. The van der Waals surface area contributed by atoms with Gasteiger partial charge in [-0.05, 0) is 51.3 Å². The van der Waals surface area contributed by atoms with E-state index < -0.39 is 5.91 Å². The van der Waals surface area contributed by atoms with E-state index in [0.717, 1.165) is 5.56 Å². The summed E-state index contributed by atoms with van der Waals surface area (Å²) in [6.07, 6.45) is 1.51. The van der Waals surface area contributed by atoms with Crippen LogP contribution in [0.3, 0.4) is 0 Å². The van der Waals surface area contributed by atoms with Crippen LogP contribution in [-0.2, 0) is 11.4 Å². The molecular formula is C24H23BrN2O5. The maximum atomic E-state index is 12.0. The summed E-state index contributed by atoms with van der Waals surface area (Å²) in [7, 11) is 3.10. The van der Waals surface area contributed by atoms with Crippen molar-refractivity contribution in [3.8, 4) is 23.0 Å². The monoisotopic (exact) mass is 498 g/mol. The molecule has 7 nitrogen and oxygen atoms in total. The lowest BCUT2D eigenvalue weighted by Crippen LogP contribution is -2.24. The number of nitrogens with one attached hydrogen (secondary N) is 1. The van der Waals surface area contributed by atoms with Crippen LogP contribution in [0.25, 0.3) is 0 Å². The number of methoxy groups -OCH3 is 2. The van der Waals surface area contributed by atoms with Gasteiger partial charge in [0.15, 0.2) is 29.6 Å². The first-order valence-electron chi connectivity index (χ1n) is 9.72. The molecule has 0 aliphatic rings. The molecule has 0 radical (unpaired) electrons. The fourth-order valence-electron chi connectivity index (χ4n) is 2.78. The lowest BCUT2D eigenvalue weighted by atomic mass is 10.2. The first-order valence-corrected chi connectivity index (χ1v) is 10.5. The normalized spacial score (nSPS) is 10.6. The van der Waals surface area contributed by atoms with Crippen molar-refractivity contribution in [3.63, 3.8) is 0 Å². The Bertz CT molecular complexity index is 1070. The molecule has 1 N–H and O–H groups in total. The predicted octanol–water partition coefficient (Wildman–Crippen LogP) is 4.57. The molecule has 3 aromatic rings. The van der Waals surface area contributed by atoms with Crippen LogP contribution in [0.2, 0.25) is 0 Å². The zero-order valence-corrected chi connectivity index (χ0v) is 19.3. The summed E-state index contributed by atoms with van der Waals surface area (Å²) in [6, 6.07) is 20.5. The van der Waals surface area contributed by atoms with Crippen molar-refractivity contribution in [2.75, 3.05) is 20.8 Å². The van der Waals surface area contributed by atoms with Crippen LogP contribution < -0.4 is 24.4 Å². The van der Waals surface area contributed by atoms with Crippen LogP contribution >= 0.6 is 15.9 Å². The number of carbonyl (C=O) groups excluding carboxylic acids is 1. The quantitative estimate of drug-likeness (QED) is 0.327. The van der Waals surface area contributed by atoms with Gasteiger partial charge in [0.05, 0.1) is 24.9 Å². The van der Waals surface area contributed by atoms with Gasteiger partial charge >= 0.3 is 0 Å². The molecule has 3 rings (SSSR count). The van der Waals surface area contributed by atoms with E-state index in [4.69, 9.17) is 18.9 Å². The van der Waals surface area contributed by atoms with Crippen molar-refractivity contribution < 1.29 is 23.7 Å². The highest BCUT2D eigenvalue weighted by molar-refractivity contribution is 9.10. The van der Waals surface area contributed by atoms with Crippen molar-refractivity contribution in [3.05, 3.63) is 82.3 Å². The van der Waals surface area contributed by atoms with Crippen LogP contribution in [0.4, 0.5) is 0 Å². The highest BCUT2D eigenvalue weighted by Gasteiger charge is 2.12. The summed E-state index contributed by atoms with van der Waals surface area (Å²) in [5.41, 5.74) is 4.20. The third-order valence-corrected chi connectivity index (χ3v) is 4.90. The summed E-state index contributed by atoms with van der Waals surface area (Å²) < 4.78 is 22.7. The third kappa shape index (κ3) is 6.49. The summed E-state index contributed by atoms with van der Waals surface area (Å²) in [6.45, 7) is 0.211. The number of amides is 1. The Labute approximate surface area is 195 Å². The van der Waals surface area contributed by atoms with Crippen LogP contribution in [0.15, 0.2) is 76.3 Å². The van der Waals surface area contributed by atoms with Crippen molar-refractivity contribution in [2.24, 2.45) is 5.10 Å². The molecule has 1 amide bonds. The molecule has 0 spiro atoms. The molecule has 0 aromatic heterocycles. The number of rotatable bonds is 10. The second-order valence-electron chi connectivity index (χ2n) is 6.54. The molecule has 8 heteroatoms. The minimum absolute atomic E-state index is 0.197. The minimum Gasteiger partial charge on any atom is -0.493 e. The van der Waals surface area contributed by atoms with Gasteiger partial charge in [0.2, 0.25) is 0 Å². The van der Waals surface area contributed by atoms with Crippen molar-refractivity contribution >= 4 is 28.1 Å². The molecule has 0 unspecified atom stereocenters. The molecular weight excluding hydrogens is 476 g/mol. The third-order valence-electron chi connectivity index (χ3n) is 4.31. The highest BCUT2D eigenvalue weighted by Crippen LogP contribution is 2.36. The van der Waals surface area contributed by atoms with Gasteiger partial charge in [-0.15, -0.1) is 0 Å². The molecule has 0 heterocycles. The largest absolute Gasteiger partial charge is 0.493 e. The minimum atomic E-state index is -0.402. The Hall–Kier alpha value is -3.52. The van der Waals surface area contributed by atoms with Gasteiger partial charge in [-0.25, -0.2) is 5.43 Å². The smallest absolute Gasteiger partial charge is 0.277 e. The van der Waals surface area contributed by atoms with Gasteiger partial charge in [0.25, 0.3) is 5.91 Å². The Balaban J connectivity index is 1.58. The van der Waals surface area contributed by atoms with E-state index >= 15 is 0 Å². The van der Waals surface area contributed by atoms with Gasteiger partial charge < -0.3 is 18.9 Å². The Kier molecular flexibility index (Phi) is 8.51. The fourth-order valence-corrected chi connectivity index (χ4v) is 3.35. The first kappa shape index (κ1) is 23.1. The van der Waals surface area contributed by atoms with E-state index in [1.165, 1.54) is 13.3 Å². The summed E-state index contributed by atoms with van der Waals surface area (Å²) in [4.78, 5) is 12.0. The van der Waals surface area contributed by atoms with E-state index in [0.29, 0.717) is 39.6 Å². The number of halogens is 1. The summed E-state index contributed by atoms with van der Waals surface area (Å²) >= 11 is 3.51. The van der Waals surface area contributed by atoms with Gasteiger partial charge in [-0.1, -0.05) is 42.5 Å². The molecule has 0 saturated heterocycles. The Morgan fingerprint density at radius 1 is 0.938 bits per heavy atom. The number of para-hydroxylation sites is 2. The zero-order valence-electron chi connectivity index (χ0n) is 17.7. The molecule has 0 fully saturated rings. The molecule has 32 heavy (non-hydrogen) atoms. The van der Waals surface area contributed by atoms with Gasteiger partial charge in [-0.2, -0.15) is 5.10 Å².